The van der Waals surface area contributed by atoms with Crippen molar-refractivity contribution in [2.24, 2.45) is 0 Å². The Bertz CT molecular complexity index is 215. The summed E-state index contributed by atoms with van der Waals surface area (Å²) in [6.45, 7) is 7.64. The van der Waals surface area contributed by atoms with Gasteiger partial charge < -0.3 is 10.4 Å². The van der Waals surface area contributed by atoms with Crippen molar-refractivity contribution in [3.05, 3.63) is 0 Å². The SMILES string of the molecule is CC(C)(C)N(C(=O)O)[C@@H]1CCCCNC1. The van der Waals surface area contributed by atoms with Crippen molar-refractivity contribution < 1.29 is 9.90 Å². The summed E-state index contributed by atoms with van der Waals surface area (Å²) < 4.78 is 0. The van der Waals surface area contributed by atoms with Gasteiger partial charge in [-0.3, -0.25) is 4.90 Å². The van der Waals surface area contributed by atoms with Crippen LogP contribution in [0.15, 0.2) is 0 Å². The van der Waals surface area contributed by atoms with E-state index < -0.39 is 6.09 Å². The molecule has 1 aliphatic heterocycles. The van der Waals surface area contributed by atoms with Crippen LogP contribution in [0.2, 0.25) is 0 Å². The Balaban J connectivity index is 2.74. The van der Waals surface area contributed by atoms with Gasteiger partial charge in [-0.25, -0.2) is 4.79 Å². The quantitative estimate of drug-likeness (QED) is 0.701. The second-order valence-electron chi connectivity index (χ2n) is 5.18. The molecule has 0 aromatic heterocycles. The van der Waals surface area contributed by atoms with Crippen LogP contribution in [-0.4, -0.2) is 40.8 Å². The molecule has 1 amide bonds. The molecule has 0 aromatic carbocycles. The Morgan fingerprint density at radius 1 is 1.40 bits per heavy atom. The molecule has 1 saturated heterocycles. The van der Waals surface area contributed by atoms with Crippen LogP contribution < -0.4 is 5.32 Å². The molecule has 0 aromatic rings. The van der Waals surface area contributed by atoms with Crippen molar-refractivity contribution in [2.75, 3.05) is 13.1 Å². The summed E-state index contributed by atoms with van der Waals surface area (Å²) in [6, 6.07) is 0.116. The predicted molar refractivity (Wildman–Crippen MR) is 60.1 cm³/mol. The third kappa shape index (κ3) is 3.38. The smallest absolute Gasteiger partial charge is 0.408 e. The molecule has 1 heterocycles. The minimum atomic E-state index is -0.809. The fourth-order valence-electron chi connectivity index (χ4n) is 2.21. The van der Waals surface area contributed by atoms with E-state index in [2.05, 4.69) is 5.32 Å². The highest BCUT2D eigenvalue weighted by molar-refractivity contribution is 5.66. The number of hydrogen-bond acceptors (Lipinski definition) is 2. The number of hydrogen-bond donors (Lipinski definition) is 2. The van der Waals surface area contributed by atoms with Crippen molar-refractivity contribution in [3.8, 4) is 0 Å². The van der Waals surface area contributed by atoms with Gasteiger partial charge in [-0.1, -0.05) is 6.42 Å². The Kier molecular flexibility index (Phi) is 3.97. The summed E-state index contributed by atoms with van der Waals surface area (Å²) in [4.78, 5) is 12.8. The van der Waals surface area contributed by atoms with Gasteiger partial charge in [0, 0.05) is 18.1 Å². The maximum absolute atomic E-state index is 11.3. The highest BCUT2D eigenvalue weighted by atomic mass is 16.4. The lowest BCUT2D eigenvalue weighted by Gasteiger charge is -2.39. The molecule has 88 valence electrons. The van der Waals surface area contributed by atoms with E-state index in [1.807, 2.05) is 20.8 Å². The number of nitrogens with one attached hydrogen (secondary N) is 1. The molecule has 0 unspecified atom stereocenters. The molecule has 4 heteroatoms. The van der Waals surface area contributed by atoms with Gasteiger partial charge in [0.25, 0.3) is 0 Å². The molecule has 2 N–H and O–H groups in total. The van der Waals surface area contributed by atoms with Gasteiger partial charge >= 0.3 is 6.09 Å². The Hall–Kier alpha value is -0.770. The first-order valence-corrected chi connectivity index (χ1v) is 5.66. The third-order valence-corrected chi connectivity index (χ3v) is 2.81. The predicted octanol–water partition coefficient (Wildman–Crippen LogP) is 1.91. The Labute approximate surface area is 91.6 Å². The van der Waals surface area contributed by atoms with Gasteiger partial charge in [-0.15, -0.1) is 0 Å². The normalized spacial score (nSPS) is 23.3. The molecule has 0 aliphatic carbocycles. The fraction of sp³-hybridized carbons (Fsp3) is 0.909. The van der Waals surface area contributed by atoms with Gasteiger partial charge in [0.1, 0.15) is 0 Å². The van der Waals surface area contributed by atoms with E-state index in [9.17, 15) is 9.90 Å². The molecule has 4 nitrogen and oxygen atoms in total. The molecular weight excluding hydrogens is 192 g/mol. The van der Waals surface area contributed by atoms with Crippen molar-refractivity contribution in [3.63, 3.8) is 0 Å². The third-order valence-electron chi connectivity index (χ3n) is 2.81. The average molecular weight is 214 g/mol. The van der Waals surface area contributed by atoms with Crippen molar-refractivity contribution in [1.82, 2.24) is 10.2 Å². The lowest BCUT2D eigenvalue weighted by Crippen LogP contribution is -2.53. The van der Waals surface area contributed by atoms with Gasteiger partial charge in [-0.05, 0) is 40.2 Å². The lowest BCUT2D eigenvalue weighted by atomic mass is 10.0. The molecule has 0 bridgehead atoms. The molecule has 1 aliphatic rings. The minimum Gasteiger partial charge on any atom is -0.465 e. The highest BCUT2D eigenvalue weighted by Gasteiger charge is 2.33. The number of rotatable bonds is 1. The van der Waals surface area contributed by atoms with E-state index in [0.29, 0.717) is 0 Å². The number of carboxylic acid groups (broad SMARTS) is 1. The lowest BCUT2D eigenvalue weighted by molar-refractivity contribution is 0.0684. The van der Waals surface area contributed by atoms with E-state index in [1.165, 1.54) is 0 Å². The number of amides is 1. The minimum absolute atomic E-state index is 0.116. The molecule has 1 atom stereocenters. The summed E-state index contributed by atoms with van der Waals surface area (Å²) in [7, 11) is 0. The van der Waals surface area contributed by atoms with Gasteiger partial charge in [-0.2, -0.15) is 0 Å². The topological polar surface area (TPSA) is 52.6 Å². The van der Waals surface area contributed by atoms with Crippen LogP contribution in [-0.2, 0) is 0 Å². The standard InChI is InChI=1S/C11H22N2O2/c1-11(2,3)13(10(14)15)9-6-4-5-7-12-8-9/h9,12H,4-8H2,1-3H3,(H,14,15)/t9-/m1/s1. The molecule has 0 radical (unpaired) electrons. The fourth-order valence-corrected chi connectivity index (χ4v) is 2.21. The first kappa shape index (κ1) is 12.3. The monoisotopic (exact) mass is 214 g/mol. The first-order chi connectivity index (χ1) is 6.93. The molecule has 15 heavy (non-hydrogen) atoms. The van der Waals surface area contributed by atoms with Gasteiger partial charge in [0.2, 0.25) is 0 Å². The Morgan fingerprint density at radius 2 is 2.07 bits per heavy atom. The van der Waals surface area contributed by atoms with E-state index in [0.717, 1.165) is 32.4 Å². The molecule has 1 fully saturated rings. The first-order valence-electron chi connectivity index (χ1n) is 5.66. The van der Waals surface area contributed by atoms with E-state index in [4.69, 9.17) is 0 Å². The van der Waals surface area contributed by atoms with E-state index >= 15 is 0 Å². The molecular formula is C11H22N2O2. The Morgan fingerprint density at radius 3 is 2.60 bits per heavy atom. The largest absolute Gasteiger partial charge is 0.465 e. The molecule has 0 spiro atoms. The second kappa shape index (κ2) is 4.84. The summed E-state index contributed by atoms with van der Waals surface area (Å²) >= 11 is 0. The van der Waals surface area contributed by atoms with Crippen LogP contribution >= 0.6 is 0 Å². The zero-order valence-corrected chi connectivity index (χ0v) is 9.92. The van der Waals surface area contributed by atoms with Crippen LogP contribution in [0, 0.1) is 0 Å². The van der Waals surface area contributed by atoms with Crippen LogP contribution in [0.4, 0.5) is 4.79 Å². The molecule has 0 saturated carbocycles. The zero-order valence-electron chi connectivity index (χ0n) is 9.92. The maximum Gasteiger partial charge on any atom is 0.408 e. The number of carbonyl (C=O) groups is 1. The second-order valence-corrected chi connectivity index (χ2v) is 5.18. The van der Waals surface area contributed by atoms with Crippen LogP contribution in [0.25, 0.3) is 0 Å². The van der Waals surface area contributed by atoms with Gasteiger partial charge in [0.05, 0.1) is 0 Å². The van der Waals surface area contributed by atoms with Crippen LogP contribution in [0.3, 0.4) is 0 Å². The van der Waals surface area contributed by atoms with Crippen LogP contribution in [0.5, 0.6) is 0 Å². The summed E-state index contributed by atoms with van der Waals surface area (Å²) in [5.74, 6) is 0. The maximum atomic E-state index is 11.3. The van der Waals surface area contributed by atoms with E-state index in [1.54, 1.807) is 4.90 Å². The summed E-state index contributed by atoms with van der Waals surface area (Å²) in [5, 5.41) is 12.6. The van der Waals surface area contributed by atoms with E-state index in [-0.39, 0.29) is 11.6 Å². The highest BCUT2D eigenvalue weighted by Crippen LogP contribution is 2.21. The summed E-state index contributed by atoms with van der Waals surface area (Å²) in [5.41, 5.74) is -0.317. The zero-order chi connectivity index (χ0) is 11.5. The van der Waals surface area contributed by atoms with Crippen LogP contribution in [0.1, 0.15) is 40.0 Å². The van der Waals surface area contributed by atoms with Crippen molar-refractivity contribution >= 4 is 6.09 Å². The van der Waals surface area contributed by atoms with Crippen molar-refractivity contribution in [1.29, 1.82) is 0 Å². The molecule has 1 rings (SSSR count). The van der Waals surface area contributed by atoms with Gasteiger partial charge in [0.15, 0.2) is 0 Å². The number of nitrogens with zero attached hydrogens (tertiary/aromatic N) is 1. The van der Waals surface area contributed by atoms with Crippen molar-refractivity contribution in [2.45, 2.75) is 51.6 Å². The average Bonchev–Trinajstić information content (AvgIpc) is 2.29. The summed E-state index contributed by atoms with van der Waals surface area (Å²) in [6.07, 6.45) is 2.42.